The van der Waals surface area contributed by atoms with E-state index in [2.05, 4.69) is 10.3 Å². The van der Waals surface area contributed by atoms with E-state index in [4.69, 9.17) is 5.11 Å². The van der Waals surface area contributed by atoms with Gasteiger partial charge in [-0.15, -0.1) is 0 Å². The minimum Gasteiger partial charge on any atom is -0.478 e. The first-order valence-corrected chi connectivity index (χ1v) is 4.82. The average molecular weight is 204 g/mol. The summed E-state index contributed by atoms with van der Waals surface area (Å²) >= 11 is 0. The molecule has 1 aromatic carbocycles. The number of aromatic amines is 1. The lowest BCUT2D eigenvalue weighted by Crippen LogP contribution is -2.04. The summed E-state index contributed by atoms with van der Waals surface area (Å²) in [6, 6.07) is 7.37. The number of rotatable bonds is 3. The molecule has 1 heterocycles. The molecule has 0 spiro atoms. The first kappa shape index (κ1) is 9.58. The van der Waals surface area contributed by atoms with Crippen LogP contribution in [0, 0.1) is 0 Å². The van der Waals surface area contributed by atoms with Crippen molar-refractivity contribution in [3.63, 3.8) is 0 Å². The number of fused-ring (bicyclic) bond motifs is 1. The molecule has 0 fully saturated rings. The van der Waals surface area contributed by atoms with E-state index in [1.165, 1.54) is 0 Å². The quantitative estimate of drug-likeness (QED) is 0.718. The third-order valence-electron chi connectivity index (χ3n) is 2.27. The molecule has 0 aliphatic carbocycles. The van der Waals surface area contributed by atoms with E-state index in [9.17, 15) is 4.79 Å². The molecule has 3 N–H and O–H groups in total. The third kappa shape index (κ3) is 1.54. The second-order valence-electron chi connectivity index (χ2n) is 3.26. The number of aromatic nitrogens is 1. The molecule has 0 saturated carbocycles. The number of carboxylic acids is 1. The first-order chi connectivity index (χ1) is 7.24. The molecule has 0 radical (unpaired) electrons. The van der Waals surface area contributed by atoms with Gasteiger partial charge >= 0.3 is 5.97 Å². The minimum absolute atomic E-state index is 0.312. The summed E-state index contributed by atoms with van der Waals surface area (Å²) in [6.07, 6.45) is 0. The molecule has 0 saturated heterocycles. The van der Waals surface area contributed by atoms with Gasteiger partial charge in [0.25, 0.3) is 0 Å². The maximum absolute atomic E-state index is 11.1. The fourth-order valence-electron chi connectivity index (χ4n) is 1.67. The third-order valence-corrected chi connectivity index (χ3v) is 2.27. The SMILES string of the molecule is CCNc1[nH]c2ccccc2c1C(=O)O. The van der Waals surface area contributed by atoms with Gasteiger partial charge in [0.1, 0.15) is 11.4 Å². The highest BCUT2D eigenvalue weighted by molar-refractivity contribution is 6.08. The molecule has 2 aromatic rings. The number of H-pyrrole nitrogens is 1. The van der Waals surface area contributed by atoms with Crippen LogP contribution in [-0.2, 0) is 0 Å². The number of hydrogen-bond donors (Lipinski definition) is 3. The van der Waals surface area contributed by atoms with Crippen LogP contribution in [0.1, 0.15) is 17.3 Å². The Labute approximate surface area is 86.9 Å². The smallest absolute Gasteiger partial charge is 0.340 e. The van der Waals surface area contributed by atoms with Gasteiger partial charge in [0.15, 0.2) is 0 Å². The largest absolute Gasteiger partial charge is 0.478 e. The number of anilines is 1. The van der Waals surface area contributed by atoms with E-state index >= 15 is 0 Å². The van der Waals surface area contributed by atoms with Crippen LogP contribution in [0.4, 0.5) is 5.82 Å². The van der Waals surface area contributed by atoms with E-state index in [-0.39, 0.29) is 0 Å². The zero-order valence-electron chi connectivity index (χ0n) is 8.37. The molecule has 0 bridgehead atoms. The van der Waals surface area contributed by atoms with Crippen LogP contribution in [0.25, 0.3) is 10.9 Å². The highest BCUT2D eigenvalue weighted by Crippen LogP contribution is 2.25. The van der Waals surface area contributed by atoms with Crippen molar-refractivity contribution in [1.29, 1.82) is 0 Å². The Morgan fingerprint density at radius 2 is 2.20 bits per heavy atom. The lowest BCUT2D eigenvalue weighted by atomic mass is 10.1. The van der Waals surface area contributed by atoms with Crippen molar-refractivity contribution in [2.24, 2.45) is 0 Å². The summed E-state index contributed by atoms with van der Waals surface area (Å²) in [5, 5.41) is 12.9. The van der Waals surface area contributed by atoms with Crippen LogP contribution in [0.15, 0.2) is 24.3 Å². The van der Waals surface area contributed by atoms with Crippen LogP contribution in [0.2, 0.25) is 0 Å². The second kappa shape index (κ2) is 3.65. The van der Waals surface area contributed by atoms with Gasteiger partial charge in [0, 0.05) is 17.4 Å². The first-order valence-electron chi connectivity index (χ1n) is 4.82. The van der Waals surface area contributed by atoms with Crippen LogP contribution in [0.3, 0.4) is 0 Å². The molecule has 4 heteroatoms. The number of benzene rings is 1. The predicted molar refractivity (Wildman–Crippen MR) is 59.4 cm³/mol. The van der Waals surface area contributed by atoms with Crippen LogP contribution < -0.4 is 5.32 Å². The minimum atomic E-state index is -0.914. The molecule has 0 unspecified atom stereocenters. The number of para-hydroxylation sites is 1. The van der Waals surface area contributed by atoms with Gasteiger partial charge in [0.2, 0.25) is 0 Å². The highest BCUT2D eigenvalue weighted by atomic mass is 16.4. The Balaban J connectivity index is 2.69. The lowest BCUT2D eigenvalue weighted by molar-refractivity contribution is 0.0700. The number of hydrogen-bond acceptors (Lipinski definition) is 2. The molecule has 0 aliphatic heterocycles. The maximum atomic E-state index is 11.1. The van der Waals surface area contributed by atoms with E-state index in [0.29, 0.717) is 17.9 Å². The van der Waals surface area contributed by atoms with Gasteiger partial charge in [-0.25, -0.2) is 4.79 Å². The van der Waals surface area contributed by atoms with Crippen LogP contribution in [-0.4, -0.2) is 22.6 Å². The van der Waals surface area contributed by atoms with Crippen molar-refractivity contribution in [3.8, 4) is 0 Å². The Hall–Kier alpha value is -1.97. The standard InChI is InChI=1S/C11H12N2O2/c1-2-12-10-9(11(14)15)7-5-3-4-6-8(7)13-10/h3-6,12-13H,2H2,1H3,(H,14,15). The average Bonchev–Trinajstić information content (AvgIpc) is 2.56. The lowest BCUT2D eigenvalue weighted by Gasteiger charge is -2.00. The fourth-order valence-corrected chi connectivity index (χ4v) is 1.67. The second-order valence-corrected chi connectivity index (χ2v) is 3.26. The fraction of sp³-hybridized carbons (Fsp3) is 0.182. The van der Waals surface area contributed by atoms with Gasteiger partial charge in [-0.05, 0) is 13.0 Å². The predicted octanol–water partition coefficient (Wildman–Crippen LogP) is 2.30. The molecule has 0 atom stereocenters. The summed E-state index contributed by atoms with van der Waals surface area (Å²) in [6.45, 7) is 2.62. The van der Waals surface area contributed by atoms with Crippen molar-refractivity contribution < 1.29 is 9.90 Å². The zero-order valence-corrected chi connectivity index (χ0v) is 8.37. The van der Waals surface area contributed by atoms with Gasteiger partial charge in [-0.1, -0.05) is 18.2 Å². The van der Waals surface area contributed by atoms with Crippen molar-refractivity contribution in [1.82, 2.24) is 4.98 Å². The summed E-state index contributed by atoms with van der Waals surface area (Å²) in [4.78, 5) is 14.2. The van der Waals surface area contributed by atoms with Crippen LogP contribution >= 0.6 is 0 Å². The summed E-state index contributed by atoms with van der Waals surface area (Å²) in [5.41, 5.74) is 1.15. The van der Waals surface area contributed by atoms with E-state index in [0.717, 1.165) is 10.9 Å². The van der Waals surface area contributed by atoms with E-state index in [1.807, 2.05) is 25.1 Å². The topological polar surface area (TPSA) is 65.1 Å². The monoisotopic (exact) mass is 204 g/mol. The van der Waals surface area contributed by atoms with Crippen LogP contribution in [0.5, 0.6) is 0 Å². The molecule has 0 aliphatic rings. The molecule has 2 rings (SSSR count). The molecule has 1 aromatic heterocycles. The molecular weight excluding hydrogens is 192 g/mol. The summed E-state index contributed by atoms with van der Waals surface area (Å²) in [5.74, 6) is -0.338. The van der Waals surface area contributed by atoms with Crippen molar-refractivity contribution in [3.05, 3.63) is 29.8 Å². The maximum Gasteiger partial charge on any atom is 0.340 e. The molecule has 78 valence electrons. The van der Waals surface area contributed by atoms with Gasteiger partial charge in [-0.3, -0.25) is 0 Å². The normalized spacial score (nSPS) is 10.5. The summed E-state index contributed by atoms with van der Waals surface area (Å²) < 4.78 is 0. The molecule has 4 nitrogen and oxygen atoms in total. The highest BCUT2D eigenvalue weighted by Gasteiger charge is 2.16. The number of nitrogens with one attached hydrogen (secondary N) is 2. The Bertz CT molecular complexity index is 502. The Kier molecular flexibility index (Phi) is 2.33. The van der Waals surface area contributed by atoms with Crippen molar-refractivity contribution in [2.75, 3.05) is 11.9 Å². The zero-order chi connectivity index (χ0) is 10.8. The Morgan fingerprint density at radius 1 is 1.47 bits per heavy atom. The number of aromatic carboxylic acids is 1. The van der Waals surface area contributed by atoms with Crippen molar-refractivity contribution in [2.45, 2.75) is 6.92 Å². The van der Waals surface area contributed by atoms with Crippen molar-refractivity contribution >= 4 is 22.7 Å². The van der Waals surface area contributed by atoms with E-state index < -0.39 is 5.97 Å². The molecular formula is C11H12N2O2. The molecule has 0 amide bonds. The van der Waals surface area contributed by atoms with Gasteiger partial charge in [-0.2, -0.15) is 0 Å². The Morgan fingerprint density at radius 3 is 2.87 bits per heavy atom. The summed E-state index contributed by atoms with van der Waals surface area (Å²) in [7, 11) is 0. The number of carboxylic acid groups (broad SMARTS) is 1. The van der Waals surface area contributed by atoms with Gasteiger partial charge < -0.3 is 15.4 Å². The van der Waals surface area contributed by atoms with Gasteiger partial charge in [0.05, 0.1) is 0 Å². The van der Waals surface area contributed by atoms with E-state index in [1.54, 1.807) is 6.07 Å². The number of carbonyl (C=O) groups is 1. The molecule has 15 heavy (non-hydrogen) atoms.